The minimum Gasteiger partial charge on any atom is -0.480 e. The van der Waals surface area contributed by atoms with Crippen LogP contribution < -0.4 is 70.0 Å². The van der Waals surface area contributed by atoms with E-state index in [9.17, 15) is 77.3 Å². The van der Waals surface area contributed by atoms with Crippen molar-refractivity contribution >= 4 is 93.8 Å². The molecule has 110 heavy (non-hydrogen) atoms. The number of nitrogens with zero attached hydrogens (tertiary/aromatic N) is 5. The number of primary amides is 2. The van der Waals surface area contributed by atoms with E-state index in [4.69, 9.17) is 16.6 Å². The van der Waals surface area contributed by atoms with Gasteiger partial charge in [0.25, 0.3) is 0 Å². The Labute approximate surface area is 638 Å². The Morgan fingerprint density at radius 2 is 1.19 bits per heavy atom. The first-order chi connectivity index (χ1) is 52.4. The van der Waals surface area contributed by atoms with Crippen LogP contribution in [0.15, 0.2) is 73.3 Å². The van der Waals surface area contributed by atoms with Crippen LogP contribution in [0.3, 0.4) is 0 Å². The minimum absolute atomic E-state index is 0.00879. The van der Waals surface area contributed by atoms with Gasteiger partial charge < -0.3 is 95.2 Å². The molecule has 8 atom stereocenters. The molecule has 2 aromatic heterocycles. The number of imidazole rings is 1. The van der Waals surface area contributed by atoms with Crippen molar-refractivity contribution in [3.05, 3.63) is 90.1 Å². The molecule has 0 saturated carbocycles. The van der Waals surface area contributed by atoms with Crippen molar-refractivity contribution in [3.63, 3.8) is 0 Å². The van der Waals surface area contributed by atoms with E-state index >= 15 is 0 Å². The van der Waals surface area contributed by atoms with Gasteiger partial charge in [0.15, 0.2) is 0 Å². The number of carbonyl (C=O) groups excluding carboxylic acids is 11. The Morgan fingerprint density at radius 1 is 0.591 bits per heavy atom. The number of carboxylic acids is 3. The van der Waals surface area contributed by atoms with Gasteiger partial charge >= 0.3 is 17.9 Å². The number of nitrogens with two attached hydrogens (primary N) is 2. The normalized spacial score (nSPS) is 16.0. The molecule has 4 heterocycles. The number of piperidine rings is 1. The fraction of sp³-hybridized carbons (Fsp3) is 0.575. The summed E-state index contributed by atoms with van der Waals surface area (Å²) in [4.78, 5) is 202. The van der Waals surface area contributed by atoms with E-state index in [1.807, 2.05) is 23.6 Å². The van der Waals surface area contributed by atoms with Gasteiger partial charge in [-0.3, -0.25) is 86.7 Å². The van der Waals surface area contributed by atoms with Crippen LogP contribution >= 0.6 is 0 Å². The van der Waals surface area contributed by atoms with Gasteiger partial charge in [0.2, 0.25) is 65.0 Å². The Balaban J connectivity index is 1.05. The molecular weight excluding hydrogens is 1430 g/mol. The molecule has 2 fully saturated rings. The molecule has 0 unspecified atom stereocenters. The first kappa shape index (κ1) is 88.4. The lowest BCUT2D eigenvalue weighted by Gasteiger charge is -2.32. The van der Waals surface area contributed by atoms with Crippen molar-refractivity contribution < 1.29 is 82.4 Å². The lowest BCUT2D eigenvalue weighted by Crippen LogP contribution is -2.60. The van der Waals surface area contributed by atoms with Gasteiger partial charge in [0.05, 0.1) is 51.6 Å². The minimum atomic E-state index is -1.53. The number of carboxylic acid groups (broad SMARTS) is 3. The predicted molar refractivity (Wildman–Crippen MR) is 402 cm³/mol. The maximum Gasteiger partial charge on any atom is 0.317 e. The second-order valence-electron chi connectivity index (χ2n) is 28.7. The van der Waals surface area contributed by atoms with Gasteiger partial charge in [-0.2, -0.15) is 0 Å². The molecule has 0 bridgehead atoms. The van der Waals surface area contributed by atoms with Crippen LogP contribution in [-0.4, -0.2) is 292 Å². The number of benzene rings is 2. The number of nitrogens with one attached hydrogen (secondary N) is 13. The second-order valence-corrected chi connectivity index (χ2v) is 28.7. The highest BCUT2D eigenvalue weighted by atomic mass is 16.4. The van der Waals surface area contributed by atoms with Crippen LogP contribution in [0.25, 0.3) is 10.9 Å². The number of hydrogen-bond acceptors (Lipinski definition) is 21. The molecule has 2 saturated heterocycles. The van der Waals surface area contributed by atoms with Crippen molar-refractivity contribution in [1.82, 2.24) is 93.0 Å². The molecule has 604 valence electrons. The standard InChI is InChI=1S/C73H110N20O17/c1-44(2)30-51(39-93-23-11-16-58(93)67(75)104)84-71(108)57(33-50-35-78-43-81-50)85-61(96)37-80-73(110)66(45(3)4)89-68(105)46(5)82-70(107)56(32-48-34-79-53-15-10-9-14-52(48)53)88-69(106)54(17-18-59(74)94)87-72(109)55(31-47-12-7-6-8-13-47)86-62(97)40-90-24-19-49(20-25-90)83-60(95)36-76-21-26-91(41-64(100)101)28-29-92(42-65(102)103)27-22-77-38-63(98)99/h6-10,12-15,34-35,43-46,49,51,54-58,66,76-77,79H,11,16-33,36-42H2,1-5H3,(H2,74,94)(H2,75,104)(H,78,81)(H,80,110)(H,82,107)(H,83,95)(H,84,108)(H,85,96)(H,86,97)(H,87,109)(H,88,106)(H,89,105)(H,98,99)(H,100,101)(H,102,103)/t46-,51-,54-,55+,56-,57-,58-,66-/m0/s1. The summed E-state index contributed by atoms with van der Waals surface area (Å²) in [6.45, 7) is 9.77. The van der Waals surface area contributed by atoms with E-state index in [0.29, 0.717) is 79.6 Å². The maximum atomic E-state index is 14.7. The number of rotatable bonds is 50. The van der Waals surface area contributed by atoms with Gasteiger partial charge in [0, 0.05) is 126 Å². The topological polar surface area (TPSA) is 541 Å². The zero-order valence-corrected chi connectivity index (χ0v) is 63.1. The average Bonchev–Trinajstić information content (AvgIpc) is 1.67. The monoisotopic (exact) mass is 1540 g/mol. The van der Waals surface area contributed by atoms with Crippen LogP contribution in [0.2, 0.25) is 0 Å². The Kier molecular flexibility index (Phi) is 36.6. The number of carbonyl (C=O) groups is 14. The third-order valence-corrected chi connectivity index (χ3v) is 18.8. The molecule has 2 aromatic carbocycles. The number of hydrogen-bond donors (Lipinski definition) is 18. The van der Waals surface area contributed by atoms with Gasteiger partial charge in [-0.25, -0.2) is 4.98 Å². The predicted octanol–water partition coefficient (Wildman–Crippen LogP) is -4.02. The van der Waals surface area contributed by atoms with Crippen molar-refractivity contribution in [2.24, 2.45) is 23.3 Å². The van der Waals surface area contributed by atoms with Crippen molar-refractivity contribution in [2.45, 2.75) is 153 Å². The molecule has 2 aliphatic heterocycles. The second kappa shape index (κ2) is 45.5. The molecule has 37 heteroatoms. The van der Waals surface area contributed by atoms with Crippen molar-refractivity contribution in [2.75, 3.05) is 105 Å². The summed E-state index contributed by atoms with van der Waals surface area (Å²) < 4.78 is 0. The number of fused-ring (bicyclic) bond motifs is 1. The van der Waals surface area contributed by atoms with Gasteiger partial charge in [-0.1, -0.05) is 76.2 Å². The summed E-state index contributed by atoms with van der Waals surface area (Å²) in [7, 11) is 0. The highest BCUT2D eigenvalue weighted by Gasteiger charge is 2.36. The van der Waals surface area contributed by atoms with E-state index in [2.05, 4.69) is 73.4 Å². The van der Waals surface area contributed by atoms with Crippen LogP contribution in [0.1, 0.15) is 96.4 Å². The van der Waals surface area contributed by atoms with Gasteiger partial charge in [-0.05, 0) is 81.0 Å². The molecule has 0 aliphatic carbocycles. The number of para-hydroxylation sites is 1. The highest BCUT2D eigenvalue weighted by molar-refractivity contribution is 5.98. The number of H-pyrrole nitrogens is 2. The van der Waals surface area contributed by atoms with Crippen molar-refractivity contribution in [3.8, 4) is 0 Å². The Morgan fingerprint density at radius 3 is 1.81 bits per heavy atom. The third kappa shape index (κ3) is 31.6. The summed E-state index contributed by atoms with van der Waals surface area (Å²) in [6.07, 6.45) is 6.50. The summed E-state index contributed by atoms with van der Waals surface area (Å²) in [5.41, 5.74) is 13.8. The fourth-order valence-electron chi connectivity index (χ4n) is 13.2. The van der Waals surface area contributed by atoms with E-state index in [-0.39, 0.29) is 116 Å². The van der Waals surface area contributed by atoms with Crippen LogP contribution in [-0.2, 0) is 86.4 Å². The quantitative estimate of drug-likeness (QED) is 0.0187. The van der Waals surface area contributed by atoms with Crippen LogP contribution in [0, 0.1) is 11.8 Å². The lowest BCUT2D eigenvalue weighted by molar-refractivity contribution is -0.140. The van der Waals surface area contributed by atoms with E-state index in [1.165, 1.54) is 19.4 Å². The molecule has 2 aliphatic rings. The first-order valence-electron chi connectivity index (χ1n) is 37.2. The van der Waals surface area contributed by atoms with E-state index in [1.54, 1.807) is 84.4 Å². The summed E-state index contributed by atoms with van der Waals surface area (Å²) >= 11 is 0. The zero-order chi connectivity index (χ0) is 80.4. The summed E-state index contributed by atoms with van der Waals surface area (Å²) in [5.74, 6) is -11.3. The summed E-state index contributed by atoms with van der Waals surface area (Å²) in [6, 6.07) is 6.75. The Bertz CT molecular complexity index is 3720. The van der Waals surface area contributed by atoms with Crippen LogP contribution in [0.4, 0.5) is 0 Å². The van der Waals surface area contributed by atoms with Crippen LogP contribution in [0.5, 0.6) is 0 Å². The first-order valence-corrected chi connectivity index (χ1v) is 37.2. The maximum absolute atomic E-state index is 14.7. The molecular formula is C73H110N20O17. The molecule has 11 amide bonds. The highest BCUT2D eigenvalue weighted by Crippen LogP contribution is 2.22. The molecule has 6 rings (SSSR count). The molecule has 4 aromatic rings. The van der Waals surface area contributed by atoms with E-state index < -0.39 is 144 Å². The number of aliphatic carboxylic acids is 3. The molecule has 0 spiro atoms. The smallest absolute Gasteiger partial charge is 0.317 e. The van der Waals surface area contributed by atoms with Gasteiger partial charge in [0.1, 0.15) is 36.3 Å². The Hall–Kier alpha value is -10.5. The van der Waals surface area contributed by atoms with E-state index in [0.717, 1.165) is 6.42 Å². The number of aromatic amines is 2. The van der Waals surface area contributed by atoms with Crippen molar-refractivity contribution in [1.29, 1.82) is 0 Å². The molecule has 37 nitrogen and oxygen atoms in total. The molecule has 20 N–H and O–H groups in total. The number of amides is 11. The number of aromatic nitrogens is 3. The number of likely N-dealkylation sites (tertiary alicyclic amines) is 2. The SMILES string of the molecule is CC(C)C[C@@H](CN1CCC[C@H]1C(N)=O)NC(=O)[C@H](Cc1cnc[nH]1)NC(=O)CNC(=O)[C@@H](NC(=O)[C@H](C)NC(=O)[C@H](Cc1c[nH]c2ccccc12)NC(=O)[C@H](CCC(N)=O)NC(=O)[C@@H](Cc1ccccc1)NC(=O)CN1CCC(NC(=O)CNCCN(CCN(CCNCC(=O)O)CC(=O)O)CC(=O)O)CC1)C(C)C. The average molecular weight is 1540 g/mol. The lowest BCUT2D eigenvalue weighted by atomic mass is 10.0. The largest absolute Gasteiger partial charge is 0.480 e. The third-order valence-electron chi connectivity index (χ3n) is 18.8. The fourth-order valence-corrected chi connectivity index (χ4v) is 13.2. The zero-order valence-electron chi connectivity index (χ0n) is 63.1. The van der Waals surface area contributed by atoms with Gasteiger partial charge in [-0.15, -0.1) is 0 Å². The molecule has 0 radical (unpaired) electrons. The summed E-state index contributed by atoms with van der Waals surface area (Å²) in [5, 5.41) is 59.0.